The van der Waals surface area contributed by atoms with E-state index in [4.69, 9.17) is 5.11 Å². The van der Waals surface area contributed by atoms with E-state index in [9.17, 15) is 0 Å². The Balaban J connectivity index is 1.72. The summed E-state index contributed by atoms with van der Waals surface area (Å²) in [4.78, 5) is 0. The molecule has 0 bridgehead atoms. The van der Waals surface area contributed by atoms with Crippen LogP contribution < -0.4 is 5.32 Å². The van der Waals surface area contributed by atoms with Crippen molar-refractivity contribution < 1.29 is 5.11 Å². The molecule has 0 amide bonds. The first-order chi connectivity index (χ1) is 9.72. The lowest BCUT2D eigenvalue weighted by Gasteiger charge is -2.14. The second-order valence-electron chi connectivity index (χ2n) is 5.58. The number of benzene rings is 1. The largest absolute Gasteiger partial charge is 0.396 e. The molecule has 6 nitrogen and oxygen atoms in total. The molecule has 106 valence electrons. The van der Waals surface area contributed by atoms with Gasteiger partial charge in [-0.15, -0.1) is 0 Å². The van der Waals surface area contributed by atoms with Crippen LogP contribution in [-0.2, 0) is 0 Å². The summed E-state index contributed by atoms with van der Waals surface area (Å²) in [5, 5.41) is 24.2. The molecule has 2 N–H and O–H groups in total. The summed E-state index contributed by atoms with van der Waals surface area (Å²) in [5.74, 6) is 0.651. The van der Waals surface area contributed by atoms with Gasteiger partial charge in [0.25, 0.3) is 0 Å². The minimum absolute atomic E-state index is 0.235. The summed E-state index contributed by atoms with van der Waals surface area (Å²) in [6, 6.07) is 8.07. The summed E-state index contributed by atoms with van der Waals surface area (Å²) >= 11 is 0. The monoisotopic (exact) mass is 273 g/mol. The first-order valence-corrected chi connectivity index (χ1v) is 6.93. The van der Waals surface area contributed by atoms with Crippen molar-refractivity contribution in [3.05, 3.63) is 29.8 Å². The zero-order chi connectivity index (χ0) is 14.0. The topological polar surface area (TPSA) is 75.9 Å². The normalized spacial score (nSPS) is 16.1. The van der Waals surface area contributed by atoms with Crippen LogP contribution >= 0.6 is 0 Å². The average molecular weight is 273 g/mol. The third-order valence-corrected chi connectivity index (χ3v) is 3.97. The second-order valence-corrected chi connectivity index (χ2v) is 5.58. The van der Waals surface area contributed by atoms with E-state index in [1.165, 1.54) is 5.56 Å². The lowest BCUT2D eigenvalue weighted by atomic mass is 10.0. The first kappa shape index (κ1) is 13.1. The molecule has 1 saturated carbocycles. The molecule has 6 heteroatoms. The molecule has 0 atom stereocenters. The van der Waals surface area contributed by atoms with Gasteiger partial charge in [0.2, 0.25) is 5.95 Å². The molecule has 1 heterocycles. The summed E-state index contributed by atoms with van der Waals surface area (Å²) in [5.41, 5.74) is 2.38. The first-order valence-electron chi connectivity index (χ1n) is 6.93. The molecular weight excluding hydrogens is 254 g/mol. The van der Waals surface area contributed by atoms with E-state index >= 15 is 0 Å². The zero-order valence-corrected chi connectivity index (χ0v) is 11.6. The van der Waals surface area contributed by atoms with Gasteiger partial charge in [0.15, 0.2) is 0 Å². The highest BCUT2D eigenvalue weighted by Gasteiger charge is 2.41. The minimum atomic E-state index is 0.235. The number of aryl methyl sites for hydroxylation is 1. The summed E-state index contributed by atoms with van der Waals surface area (Å²) < 4.78 is 1.70. The molecule has 0 aliphatic heterocycles. The van der Waals surface area contributed by atoms with E-state index in [1.807, 2.05) is 31.2 Å². The summed E-state index contributed by atoms with van der Waals surface area (Å²) in [6.45, 7) is 3.10. The lowest BCUT2D eigenvalue weighted by molar-refractivity contribution is 0.253. The Morgan fingerprint density at radius 3 is 2.70 bits per heavy atom. The molecule has 1 aliphatic rings. The molecule has 3 rings (SSSR count). The standard InChI is InChI=1S/C14H19N5O/c1-11-2-4-12(5-3-11)19-13(16-17-18-19)15-10-14(6-7-14)8-9-20/h2-5,20H,6-10H2,1H3,(H,15,16,18). The van der Waals surface area contributed by atoms with Gasteiger partial charge < -0.3 is 10.4 Å². The Morgan fingerprint density at radius 2 is 2.05 bits per heavy atom. The predicted octanol–water partition coefficient (Wildman–Crippen LogP) is 1.55. The quantitative estimate of drug-likeness (QED) is 0.835. The minimum Gasteiger partial charge on any atom is -0.396 e. The molecular formula is C14H19N5O. The molecule has 1 aliphatic carbocycles. The average Bonchev–Trinajstić information content (AvgIpc) is 3.05. The van der Waals surface area contributed by atoms with E-state index < -0.39 is 0 Å². The van der Waals surface area contributed by atoms with Crippen LogP contribution in [0.1, 0.15) is 24.8 Å². The van der Waals surface area contributed by atoms with E-state index in [1.54, 1.807) is 4.68 Å². The van der Waals surface area contributed by atoms with Crippen LogP contribution in [0.2, 0.25) is 0 Å². The Morgan fingerprint density at radius 1 is 1.30 bits per heavy atom. The van der Waals surface area contributed by atoms with Crippen molar-refractivity contribution >= 4 is 5.95 Å². The SMILES string of the molecule is Cc1ccc(-n2nnnc2NCC2(CCO)CC2)cc1. The Bertz CT molecular complexity index is 574. The fourth-order valence-corrected chi connectivity index (χ4v) is 2.35. The number of tetrazole rings is 1. The number of anilines is 1. The van der Waals surface area contributed by atoms with Crippen LogP contribution in [0.25, 0.3) is 5.69 Å². The highest BCUT2D eigenvalue weighted by atomic mass is 16.3. The van der Waals surface area contributed by atoms with E-state index in [-0.39, 0.29) is 12.0 Å². The van der Waals surface area contributed by atoms with Crippen LogP contribution in [0.4, 0.5) is 5.95 Å². The Labute approximate surface area is 117 Å². The van der Waals surface area contributed by atoms with Crippen molar-refractivity contribution in [2.75, 3.05) is 18.5 Å². The fourth-order valence-electron chi connectivity index (χ4n) is 2.35. The number of aliphatic hydroxyl groups excluding tert-OH is 1. The van der Waals surface area contributed by atoms with E-state index in [0.29, 0.717) is 5.95 Å². The zero-order valence-electron chi connectivity index (χ0n) is 11.6. The maximum absolute atomic E-state index is 9.08. The Hall–Kier alpha value is -1.95. The summed E-state index contributed by atoms with van der Waals surface area (Å²) in [7, 11) is 0. The van der Waals surface area contributed by atoms with Gasteiger partial charge in [0.05, 0.1) is 5.69 Å². The molecule has 2 aromatic rings. The van der Waals surface area contributed by atoms with Crippen molar-refractivity contribution in [3.8, 4) is 5.69 Å². The number of nitrogens with zero attached hydrogens (tertiary/aromatic N) is 4. The van der Waals surface area contributed by atoms with Gasteiger partial charge in [-0.1, -0.05) is 22.8 Å². The van der Waals surface area contributed by atoms with Gasteiger partial charge in [-0.3, -0.25) is 0 Å². The van der Waals surface area contributed by atoms with Crippen molar-refractivity contribution in [2.45, 2.75) is 26.2 Å². The van der Waals surface area contributed by atoms with Gasteiger partial charge in [-0.25, -0.2) is 0 Å². The van der Waals surface area contributed by atoms with Crippen LogP contribution in [0.15, 0.2) is 24.3 Å². The van der Waals surface area contributed by atoms with Gasteiger partial charge in [0, 0.05) is 13.2 Å². The summed E-state index contributed by atoms with van der Waals surface area (Å²) in [6.07, 6.45) is 3.16. The maximum Gasteiger partial charge on any atom is 0.247 e. The second kappa shape index (κ2) is 5.20. The van der Waals surface area contributed by atoms with Crippen LogP contribution in [0, 0.1) is 12.3 Å². The molecule has 0 radical (unpaired) electrons. The third-order valence-electron chi connectivity index (χ3n) is 3.97. The van der Waals surface area contributed by atoms with Gasteiger partial charge >= 0.3 is 0 Å². The highest BCUT2D eigenvalue weighted by Crippen LogP contribution is 2.48. The molecule has 1 aromatic carbocycles. The van der Waals surface area contributed by atoms with Crippen molar-refractivity contribution in [1.29, 1.82) is 0 Å². The third kappa shape index (κ3) is 2.65. The van der Waals surface area contributed by atoms with Crippen LogP contribution in [-0.4, -0.2) is 38.5 Å². The molecule has 1 aromatic heterocycles. The molecule has 1 fully saturated rings. The molecule has 0 unspecified atom stereocenters. The van der Waals surface area contributed by atoms with Gasteiger partial charge in [-0.2, -0.15) is 4.68 Å². The number of hydrogen-bond acceptors (Lipinski definition) is 5. The van der Waals surface area contributed by atoms with Crippen molar-refractivity contribution in [1.82, 2.24) is 20.2 Å². The van der Waals surface area contributed by atoms with Crippen LogP contribution in [0.3, 0.4) is 0 Å². The van der Waals surface area contributed by atoms with Gasteiger partial charge in [-0.05, 0) is 54.2 Å². The van der Waals surface area contributed by atoms with Gasteiger partial charge in [0.1, 0.15) is 0 Å². The van der Waals surface area contributed by atoms with E-state index in [2.05, 4.69) is 20.8 Å². The number of aromatic nitrogens is 4. The molecule has 0 spiro atoms. The van der Waals surface area contributed by atoms with Crippen molar-refractivity contribution in [3.63, 3.8) is 0 Å². The maximum atomic E-state index is 9.08. The lowest BCUT2D eigenvalue weighted by Crippen LogP contribution is -2.19. The molecule has 20 heavy (non-hydrogen) atoms. The van der Waals surface area contributed by atoms with E-state index in [0.717, 1.165) is 31.5 Å². The number of hydrogen-bond donors (Lipinski definition) is 2. The molecule has 0 saturated heterocycles. The highest BCUT2D eigenvalue weighted by molar-refractivity contribution is 5.40. The number of aliphatic hydroxyl groups is 1. The fraction of sp³-hybridized carbons (Fsp3) is 0.500. The predicted molar refractivity (Wildman–Crippen MR) is 75.8 cm³/mol. The van der Waals surface area contributed by atoms with Crippen molar-refractivity contribution in [2.24, 2.45) is 5.41 Å². The van der Waals surface area contributed by atoms with Crippen LogP contribution in [0.5, 0.6) is 0 Å². The number of nitrogens with one attached hydrogen (secondary N) is 1. The number of rotatable bonds is 6. The smallest absolute Gasteiger partial charge is 0.247 e. The Kier molecular flexibility index (Phi) is 3.40.